The van der Waals surface area contributed by atoms with E-state index in [9.17, 15) is 0 Å². The van der Waals surface area contributed by atoms with Crippen molar-refractivity contribution in [3.8, 4) is 0 Å². The maximum absolute atomic E-state index is 3.60. The molecule has 1 saturated carbocycles. The molecule has 0 bridgehead atoms. The minimum Gasteiger partial charge on any atom is -1.00 e. The Morgan fingerprint density at radius 1 is 0.870 bits per heavy atom. The lowest BCUT2D eigenvalue weighted by molar-refractivity contribution is -0.00100. The van der Waals surface area contributed by atoms with Gasteiger partial charge >= 0.3 is 4.28 Å². The van der Waals surface area contributed by atoms with Gasteiger partial charge in [0, 0.05) is 6.54 Å². The standard InChI is InChI=1S/C16H36N4.3ClH/c1-4-17-8-6-9-19-13-15-12-16(15)14-20(3)11-7-10-18-5-2;;;/h15-19H,4-14H2,1-3H3;3*1H. The first-order chi connectivity index (χ1) is 9.77. The van der Waals surface area contributed by atoms with Crippen LogP contribution in [0.1, 0.15) is 37.4 Å². The van der Waals surface area contributed by atoms with Crippen molar-refractivity contribution in [3.05, 3.63) is 0 Å². The molecule has 0 aromatic carbocycles. The van der Waals surface area contributed by atoms with Crippen LogP contribution in [0, 0.1) is 11.8 Å². The van der Waals surface area contributed by atoms with Gasteiger partial charge in [-0.3, -0.25) is 0 Å². The molecule has 0 spiro atoms. The van der Waals surface area contributed by atoms with E-state index in [2.05, 4.69) is 41.7 Å². The van der Waals surface area contributed by atoms with Gasteiger partial charge in [-0.25, -0.2) is 0 Å². The van der Waals surface area contributed by atoms with Gasteiger partial charge in [-0.05, 0) is 84.0 Å². The highest BCUT2D eigenvalue weighted by Gasteiger charge is 2.36. The Labute approximate surface area is 167 Å². The molecule has 1 rings (SSSR count). The lowest BCUT2D eigenvalue weighted by Gasteiger charge is -2.16. The highest BCUT2D eigenvalue weighted by molar-refractivity contribution is 4.89. The van der Waals surface area contributed by atoms with Crippen LogP contribution in [-0.2, 0) is 0 Å². The molecule has 7 heteroatoms. The average Bonchev–Trinajstić information content (AvgIpc) is 3.17. The Kier molecular flexibility index (Phi) is 23.6. The Morgan fingerprint density at radius 2 is 1.43 bits per heavy atom. The molecular weight excluding hydrogens is 355 g/mol. The second-order valence-corrected chi connectivity index (χ2v) is 6.14. The molecule has 144 valence electrons. The number of nitrogens with zero attached hydrogens (tertiary/aromatic N) is 1. The Hall–Kier alpha value is 0.710. The largest absolute Gasteiger partial charge is 1.00 e. The normalized spacial score (nSPS) is 18.8. The summed E-state index contributed by atoms with van der Waals surface area (Å²) in [6, 6.07) is 0. The fourth-order valence-corrected chi connectivity index (χ4v) is 2.73. The van der Waals surface area contributed by atoms with Crippen LogP contribution in [0.2, 0.25) is 0 Å². The summed E-state index contributed by atoms with van der Waals surface area (Å²) in [5.74, 6) is 1.88. The van der Waals surface area contributed by atoms with Crippen molar-refractivity contribution >= 4 is 0 Å². The molecule has 0 aliphatic heterocycles. The molecular formula is C16H39Cl3N4. The number of hydrogen-bond donors (Lipinski definition) is 3. The summed E-state index contributed by atoms with van der Waals surface area (Å²) >= 11 is 0. The third-order valence-electron chi connectivity index (χ3n) is 4.12. The zero-order valence-corrected chi connectivity index (χ0v) is 17.3. The molecule has 23 heavy (non-hydrogen) atoms. The van der Waals surface area contributed by atoms with Crippen molar-refractivity contribution < 1.29 is 41.5 Å². The van der Waals surface area contributed by atoms with Gasteiger partial charge in [0.2, 0.25) is 0 Å². The Morgan fingerprint density at radius 3 is 2.04 bits per heavy atom. The van der Waals surface area contributed by atoms with Gasteiger partial charge in [0.25, 0.3) is 0 Å². The summed E-state index contributed by atoms with van der Waals surface area (Å²) in [6.07, 6.45) is 3.94. The molecule has 0 amide bonds. The van der Waals surface area contributed by atoms with E-state index in [-0.39, 0.29) is 41.5 Å². The van der Waals surface area contributed by atoms with Crippen molar-refractivity contribution in [3.63, 3.8) is 0 Å². The lowest BCUT2D eigenvalue weighted by atomic mass is 10.2. The SMILES string of the molecule is CCNCCCNCC1CC1CN(C)CCCNCC.[Cl-].[Cl-].[Cl-].[H+].[H+].[H+]. The second-order valence-electron chi connectivity index (χ2n) is 6.14. The van der Waals surface area contributed by atoms with Crippen LogP contribution in [0.5, 0.6) is 0 Å². The average molecular weight is 394 g/mol. The van der Waals surface area contributed by atoms with Crippen LogP contribution in [0.4, 0.5) is 0 Å². The summed E-state index contributed by atoms with van der Waals surface area (Å²) in [5, 5.41) is 10.4. The molecule has 0 aromatic rings. The van der Waals surface area contributed by atoms with E-state index in [1.54, 1.807) is 0 Å². The van der Waals surface area contributed by atoms with Crippen LogP contribution in [0.3, 0.4) is 0 Å². The van der Waals surface area contributed by atoms with Crippen LogP contribution in [0.15, 0.2) is 0 Å². The topological polar surface area (TPSA) is 39.3 Å². The Balaban J connectivity index is -0.000000167. The van der Waals surface area contributed by atoms with Gasteiger partial charge in [0.15, 0.2) is 0 Å². The van der Waals surface area contributed by atoms with Crippen molar-refractivity contribution in [2.45, 2.75) is 33.1 Å². The fraction of sp³-hybridized carbons (Fsp3) is 1.00. The summed E-state index contributed by atoms with van der Waals surface area (Å²) in [7, 11) is 2.27. The van der Waals surface area contributed by atoms with E-state index in [1.807, 2.05) is 0 Å². The third-order valence-corrected chi connectivity index (χ3v) is 4.12. The maximum atomic E-state index is 3.60. The lowest BCUT2D eigenvalue weighted by Crippen LogP contribution is -3.00. The van der Waals surface area contributed by atoms with E-state index in [0.717, 1.165) is 44.6 Å². The molecule has 1 fully saturated rings. The van der Waals surface area contributed by atoms with Crippen molar-refractivity contribution in [2.75, 3.05) is 59.4 Å². The van der Waals surface area contributed by atoms with E-state index in [0.29, 0.717) is 0 Å². The molecule has 0 radical (unpaired) electrons. The van der Waals surface area contributed by atoms with E-state index < -0.39 is 0 Å². The third kappa shape index (κ3) is 16.0. The quantitative estimate of drug-likeness (QED) is 0.256. The monoisotopic (exact) mass is 392 g/mol. The van der Waals surface area contributed by atoms with E-state index >= 15 is 0 Å². The first kappa shape index (κ1) is 28.5. The predicted molar refractivity (Wildman–Crippen MR) is 91.6 cm³/mol. The number of rotatable bonds is 14. The fourth-order valence-electron chi connectivity index (χ4n) is 2.73. The first-order valence-electron chi connectivity index (χ1n) is 8.58. The molecule has 1 aliphatic rings. The minimum absolute atomic E-state index is 0. The zero-order valence-electron chi connectivity index (χ0n) is 18.0. The molecule has 0 aromatic heterocycles. The number of nitrogens with one attached hydrogen (secondary N) is 3. The molecule has 0 heterocycles. The number of halogens is 3. The van der Waals surface area contributed by atoms with Gasteiger partial charge in [-0.1, -0.05) is 13.8 Å². The predicted octanol–water partition coefficient (Wildman–Crippen LogP) is -7.51. The molecule has 2 unspecified atom stereocenters. The number of hydrogen-bond acceptors (Lipinski definition) is 4. The van der Waals surface area contributed by atoms with Crippen molar-refractivity contribution in [1.82, 2.24) is 20.9 Å². The van der Waals surface area contributed by atoms with Crippen molar-refractivity contribution in [2.24, 2.45) is 11.8 Å². The smallest absolute Gasteiger partial charge is 1.00 e. The van der Waals surface area contributed by atoms with Crippen molar-refractivity contribution in [1.29, 1.82) is 0 Å². The highest BCUT2D eigenvalue weighted by atomic mass is 35.5. The molecule has 2 atom stereocenters. The van der Waals surface area contributed by atoms with E-state index in [1.165, 1.54) is 38.9 Å². The molecule has 0 saturated heterocycles. The van der Waals surface area contributed by atoms with Gasteiger partial charge < -0.3 is 58.1 Å². The summed E-state index contributed by atoms with van der Waals surface area (Å²) in [5.41, 5.74) is 0. The summed E-state index contributed by atoms with van der Waals surface area (Å²) in [4.78, 5) is 2.51. The zero-order chi connectivity index (χ0) is 14.6. The summed E-state index contributed by atoms with van der Waals surface area (Å²) in [6.45, 7) is 13.7. The van der Waals surface area contributed by atoms with Gasteiger partial charge in [-0.15, -0.1) is 0 Å². The molecule has 3 N–H and O–H groups in total. The van der Waals surface area contributed by atoms with E-state index in [4.69, 9.17) is 0 Å². The van der Waals surface area contributed by atoms with Gasteiger partial charge in [0.05, 0.1) is 0 Å². The molecule has 4 nitrogen and oxygen atoms in total. The molecule has 1 aliphatic carbocycles. The highest BCUT2D eigenvalue weighted by Crippen LogP contribution is 2.38. The van der Waals surface area contributed by atoms with Gasteiger partial charge in [0.1, 0.15) is 0 Å². The van der Waals surface area contributed by atoms with Crippen LogP contribution in [0.25, 0.3) is 0 Å². The van der Waals surface area contributed by atoms with Crippen LogP contribution >= 0.6 is 0 Å². The van der Waals surface area contributed by atoms with Crippen LogP contribution < -0.4 is 53.2 Å². The summed E-state index contributed by atoms with van der Waals surface area (Å²) < 4.78 is 0. The maximum Gasteiger partial charge on any atom is 1.00 e. The Bertz CT molecular complexity index is 249. The van der Waals surface area contributed by atoms with Gasteiger partial charge in [-0.2, -0.15) is 0 Å². The first-order valence-corrected chi connectivity index (χ1v) is 8.58. The second kappa shape index (κ2) is 19.0. The minimum atomic E-state index is 0. The van der Waals surface area contributed by atoms with Crippen LogP contribution in [-0.4, -0.2) is 64.3 Å².